The molecule has 0 aliphatic heterocycles. The second kappa shape index (κ2) is 4.75. The third kappa shape index (κ3) is 2.58. The molecule has 1 aromatic rings. The summed E-state index contributed by atoms with van der Waals surface area (Å²) in [5.41, 5.74) is 0.747. The van der Waals surface area contributed by atoms with Gasteiger partial charge < -0.3 is 10.1 Å². The summed E-state index contributed by atoms with van der Waals surface area (Å²) in [5, 5.41) is 2.89. The van der Waals surface area contributed by atoms with Crippen LogP contribution in [0.15, 0.2) is 21.1 Å². The molecule has 0 aromatic heterocycles. The van der Waals surface area contributed by atoms with E-state index in [0.29, 0.717) is 5.75 Å². The highest BCUT2D eigenvalue weighted by Gasteiger charge is 2.30. The second-order valence-electron chi connectivity index (χ2n) is 3.73. The summed E-state index contributed by atoms with van der Waals surface area (Å²) < 4.78 is 6.87. The lowest BCUT2D eigenvalue weighted by molar-refractivity contribution is -0.117. The number of carbonyl (C=O) groups is 1. The van der Waals surface area contributed by atoms with Gasteiger partial charge >= 0.3 is 0 Å². The zero-order valence-electron chi connectivity index (χ0n) is 8.72. The molecule has 0 spiro atoms. The zero-order chi connectivity index (χ0) is 11.7. The maximum absolute atomic E-state index is 11.6. The maximum Gasteiger partial charge on any atom is 0.227 e. The van der Waals surface area contributed by atoms with Crippen molar-refractivity contribution in [3.63, 3.8) is 0 Å². The van der Waals surface area contributed by atoms with Gasteiger partial charge in [-0.2, -0.15) is 0 Å². The molecule has 16 heavy (non-hydrogen) atoms. The van der Waals surface area contributed by atoms with Crippen molar-refractivity contribution < 1.29 is 9.53 Å². The molecule has 0 bridgehead atoms. The summed E-state index contributed by atoms with van der Waals surface area (Å²) in [6.07, 6.45) is 1.99. The van der Waals surface area contributed by atoms with Crippen LogP contribution in [0.4, 0.5) is 5.69 Å². The third-order valence-corrected chi connectivity index (χ3v) is 3.72. The molecule has 3 nitrogen and oxygen atoms in total. The van der Waals surface area contributed by atoms with Crippen molar-refractivity contribution in [1.29, 1.82) is 0 Å². The molecule has 0 radical (unpaired) electrons. The topological polar surface area (TPSA) is 38.3 Å². The van der Waals surface area contributed by atoms with Crippen molar-refractivity contribution >= 4 is 43.5 Å². The molecular formula is C11H11Br2NO2. The number of rotatable bonds is 3. The van der Waals surface area contributed by atoms with Crippen LogP contribution in [-0.2, 0) is 4.79 Å². The first-order valence-electron chi connectivity index (χ1n) is 4.95. The highest BCUT2D eigenvalue weighted by atomic mass is 79.9. The Labute approximate surface area is 111 Å². The predicted octanol–water partition coefficient (Wildman–Crippen LogP) is 3.57. The number of benzene rings is 1. The van der Waals surface area contributed by atoms with Gasteiger partial charge in [0.15, 0.2) is 0 Å². The summed E-state index contributed by atoms with van der Waals surface area (Å²) in [6.45, 7) is 0. The fourth-order valence-electron chi connectivity index (χ4n) is 1.36. The van der Waals surface area contributed by atoms with Crippen molar-refractivity contribution in [2.24, 2.45) is 5.92 Å². The van der Waals surface area contributed by atoms with E-state index in [9.17, 15) is 4.79 Å². The Morgan fingerprint density at radius 3 is 2.62 bits per heavy atom. The van der Waals surface area contributed by atoms with Crippen molar-refractivity contribution in [2.45, 2.75) is 12.8 Å². The Balaban J connectivity index is 2.21. The largest absolute Gasteiger partial charge is 0.495 e. The predicted molar refractivity (Wildman–Crippen MR) is 69.7 cm³/mol. The Bertz CT molecular complexity index is 430. The highest BCUT2D eigenvalue weighted by Crippen LogP contribution is 2.36. The lowest BCUT2D eigenvalue weighted by Gasteiger charge is -2.10. The number of hydrogen-bond acceptors (Lipinski definition) is 2. The van der Waals surface area contributed by atoms with Gasteiger partial charge in [-0.25, -0.2) is 0 Å². The summed E-state index contributed by atoms with van der Waals surface area (Å²) >= 11 is 6.79. The minimum absolute atomic E-state index is 0.0880. The van der Waals surface area contributed by atoms with Gasteiger partial charge in [-0.15, -0.1) is 0 Å². The first kappa shape index (κ1) is 11.9. The van der Waals surface area contributed by atoms with Gasteiger partial charge in [0.05, 0.1) is 17.3 Å². The molecular weight excluding hydrogens is 338 g/mol. The van der Waals surface area contributed by atoms with Gasteiger partial charge in [-0.1, -0.05) is 0 Å². The first-order chi connectivity index (χ1) is 7.61. The summed E-state index contributed by atoms with van der Waals surface area (Å²) in [6, 6.07) is 3.66. The number of nitrogens with one attached hydrogen (secondary N) is 1. The van der Waals surface area contributed by atoms with Gasteiger partial charge in [0, 0.05) is 16.5 Å². The smallest absolute Gasteiger partial charge is 0.227 e. The van der Waals surface area contributed by atoms with Crippen LogP contribution in [0.2, 0.25) is 0 Å². The summed E-state index contributed by atoms with van der Waals surface area (Å²) in [7, 11) is 1.60. The van der Waals surface area contributed by atoms with Crippen molar-refractivity contribution in [1.82, 2.24) is 0 Å². The van der Waals surface area contributed by atoms with E-state index in [1.54, 1.807) is 13.2 Å². The van der Waals surface area contributed by atoms with Crippen molar-refractivity contribution in [2.75, 3.05) is 12.4 Å². The molecule has 0 saturated heterocycles. The summed E-state index contributed by atoms with van der Waals surface area (Å²) in [5.74, 6) is 0.987. The van der Waals surface area contributed by atoms with Crippen LogP contribution in [-0.4, -0.2) is 13.0 Å². The highest BCUT2D eigenvalue weighted by molar-refractivity contribution is 9.11. The van der Waals surface area contributed by atoms with Crippen molar-refractivity contribution in [3.05, 3.63) is 21.1 Å². The molecule has 5 heteroatoms. The third-order valence-electron chi connectivity index (χ3n) is 2.45. The van der Waals surface area contributed by atoms with Crippen LogP contribution in [0.3, 0.4) is 0 Å². The number of carbonyl (C=O) groups excluding carboxylic acids is 1. The number of ether oxygens (including phenoxy) is 1. The van der Waals surface area contributed by atoms with E-state index in [0.717, 1.165) is 27.5 Å². The lowest BCUT2D eigenvalue weighted by atomic mass is 10.3. The van der Waals surface area contributed by atoms with Crippen LogP contribution in [0.5, 0.6) is 5.75 Å². The molecule has 0 heterocycles. The van der Waals surface area contributed by atoms with Gasteiger partial charge in [-0.05, 0) is 50.8 Å². The van der Waals surface area contributed by atoms with Crippen LogP contribution in [0.1, 0.15) is 12.8 Å². The van der Waals surface area contributed by atoms with E-state index >= 15 is 0 Å². The minimum Gasteiger partial charge on any atom is -0.495 e. The zero-order valence-corrected chi connectivity index (χ0v) is 11.9. The number of halogens is 2. The second-order valence-corrected chi connectivity index (χ2v) is 5.44. The molecule has 0 atom stereocenters. The number of amides is 1. The minimum atomic E-state index is 0.0880. The standard InChI is InChI=1S/C11H11Br2NO2/c1-16-10-5-9(7(12)4-8(10)13)14-11(15)6-2-3-6/h4-6H,2-3H2,1H3,(H,14,15). The number of anilines is 1. The summed E-state index contributed by atoms with van der Waals surface area (Å²) in [4.78, 5) is 11.6. The monoisotopic (exact) mass is 347 g/mol. The van der Waals surface area contributed by atoms with Gasteiger partial charge in [0.2, 0.25) is 5.91 Å². The van der Waals surface area contributed by atoms with E-state index in [2.05, 4.69) is 37.2 Å². The SMILES string of the molecule is COc1cc(NC(=O)C2CC2)c(Br)cc1Br. The van der Waals surface area contributed by atoms with E-state index in [1.165, 1.54) is 0 Å². The van der Waals surface area contributed by atoms with Gasteiger partial charge in [-0.3, -0.25) is 4.79 Å². The quantitative estimate of drug-likeness (QED) is 0.906. The van der Waals surface area contributed by atoms with Crippen LogP contribution >= 0.6 is 31.9 Å². The Morgan fingerprint density at radius 2 is 2.06 bits per heavy atom. The average Bonchev–Trinajstić information content (AvgIpc) is 3.05. The molecule has 1 amide bonds. The molecule has 1 aliphatic rings. The van der Waals surface area contributed by atoms with Crippen molar-refractivity contribution in [3.8, 4) is 5.75 Å². The molecule has 0 unspecified atom stereocenters. The van der Waals surface area contributed by atoms with E-state index in [4.69, 9.17) is 4.74 Å². The average molecular weight is 349 g/mol. The van der Waals surface area contributed by atoms with E-state index < -0.39 is 0 Å². The molecule has 2 rings (SSSR count). The molecule has 1 N–H and O–H groups in total. The van der Waals surface area contributed by atoms with Crippen LogP contribution < -0.4 is 10.1 Å². The van der Waals surface area contributed by atoms with Gasteiger partial charge in [0.1, 0.15) is 5.75 Å². The lowest BCUT2D eigenvalue weighted by Crippen LogP contribution is -2.13. The molecule has 1 aliphatic carbocycles. The number of methoxy groups -OCH3 is 1. The Hall–Kier alpha value is -0.550. The first-order valence-corrected chi connectivity index (χ1v) is 6.54. The van der Waals surface area contributed by atoms with Crippen LogP contribution in [0, 0.1) is 5.92 Å². The van der Waals surface area contributed by atoms with Crippen LogP contribution in [0.25, 0.3) is 0 Å². The fraction of sp³-hybridized carbons (Fsp3) is 0.364. The molecule has 1 fully saturated rings. The number of hydrogen-bond donors (Lipinski definition) is 1. The fourth-order valence-corrected chi connectivity index (χ4v) is 2.62. The Kier molecular flexibility index (Phi) is 3.54. The normalized spacial score (nSPS) is 14.7. The maximum atomic E-state index is 11.6. The van der Waals surface area contributed by atoms with Gasteiger partial charge in [0.25, 0.3) is 0 Å². The molecule has 86 valence electrons. The molecule has 1 saturated carbocycles. The van der Waals surface area contributed by atoms with E-state index in [1.807, 2.05) is 6.07 Å². The Morgan fingerprint density at radius 1 is 1.38 bits per heavy atom. The van der Waals surface area contributed by atoms with E-state index in [-0.39, 0.29) is 11.8 Å². The molecule has 1 aromatic carbocycles.